The summed E-state index contributed by atoms with van der Waals surface area (Å²) >= 11 is 5.18. The first-order valence-electron chi connectivity index (χ1n) is 7.08. The Bertz CT molecular complexity index is 760. The molecule has 5 heteroatoms. The third-order valence-corrected chi connectivity index (χ3v) is 4.06. The number of nitrogens with one attached hydrogen (secondary N) is 1. The van der Waals surface area contributed by atoms with Gasteiger partial charge in [0, 0.05) is 35.8 Å². The molecule has 0 aliphatic carbocycles. The van der Waals surface area contributed by atoms with Crippen molar-refractivity contribution >= 4 is 40.2 Å². The normalized spacial score (nSPS) is 17.0. The fourth-order valence-electron chi connectivity index (χ4n) is 2.67. The fraction of sp³-hybridized carbons (Fsp3) is 0.250. The Morgan fingerprint density at radius 2 is 2.00 bits per heavy atom. The van der Waals surface area contributed by atoms with Crippen molar-refractivity contribution in [2.24, 2.45) is 0 Å². The van der Waals surface area contributed by atoms with Gasteiger partial charge in [-0.2, -0.15) is 0 Å². The number of likely N-dealkylation sites (N-methyl/N-ethyl adjacent to an activating group) is 1. The van der Waals surface area contributed by atoms with Crippen LogP contribution in [-0.4, -0.2) is 27.0 Å². The van der Waals surface area contributed by atoms with Crippen LogP contribution in [0.4, 0.5) is 0 Å². The second kappa shape index (κ2) is 5.33. The molecule has 2 heterocycles. The standard InChI is InChI=1S/C16H17N3OS/c1-3-18-10-11(12-7-5-6-8-14(12)18)9-13-15(20)19(4-2)16(21)17-13/h5-10H,3-4H2,1-2H3,(H,17,21)/b13-9+. The highest BCUT2D eigenvalue weighted by Gasteiger charge is 2.29. The molecule has 21 heavy (non-hydrogen) atoms. The van der Waals surface area contributed by atoms with E-state index in [9.17, 15) is 4.79 Å². The first-order chi connectivity index (χ1) is 10.2. The fourth-order valence-corrected chi connectivity index (χ4v) is 2.99. The van der Waals surface area contributed by atoms with Gasteiger partial charge in [0.2, 0.25) is 0 Å². The molecule has 0 saturated carbocycles. The van der Waals surface area contributed by atoms with Gasteiger partial charge >= 0.3 is 0 Å². The summed E-state index contributed by atoms with van der Waals surface area (Å²) in [5.74, 6) is -0.0594. The van der Waals surface area contributed by atoms with E-state index in [1.807, 2.05) is 25.1 Å². The van der Waals surface area contributed by atoms with Gasteiger partial charge in [0.25, 0.3) is 5.91 Å². The minimum absolute atomic E-state index is 0.0594. The summed E-state index contributed by atoms with van der Waals surface area (Å²) < 4.78 is 2.18. The Balaban J connectivity index is 2.08. The summed E-state index contributed by atoms with van der Waals surface area (Å²) in [6, 6.07) is 8.20. The zero-order valence-corrected chi connectivity index (χ0v) is 12.9. The van der Waals surface area contributed by atoms with Crippen LogP contribution in [0.15, 0.2) is 36.2 Å². The molecule has 1 aliphatic rings. The Morgan fingerprint density at radius 3 is 2.67 bits per heavy atom. The third-order valence-electron chi connectivity index (χ3n) is 3.74. The van der Waals surface area contributed by atoms with Crippen LogP contribution in [0.25, 0.3) is 17.0 Å². The minimum atomic E-state index is -0.0594. The number of para-hydroxylation sites is 1. The number of aromatic nitrogens is 1. The molecule has 1 N–H and O–H groups in total. The average molecular weight is 299 g/mol. The number of carbonyl (C=O) groups excluding carboxylic acids is 1. The molecule has 108 valence electrons. The average Bonchev–Trinajstić information content (AvgIpc) is 2.98. The Hall–Kier alpha value is -2.14. The number of fused-ring (bicyclic) bond motifs is 1. The summed E-state index contributed by atoms with van der Waals surface area (Å²) in [5, 5.41) is 4.63. The second-order valence-corrected chi connectivity index (χ2v) is 5.31. The van der Waals surface area contributed by atoms with Crippen molar-refractivity contribution in [3.63, 3.8) is 0 Å². The smallest absolute Gasteiger partial charge is 0.276 e. The molecule has 1 saturated heterocycles. The molecular weight excluding hydrogens is 282 g/mol. The van der Waals surface area contributed by atoms with Crippen molar-refractivity contribution in [1.29, 1.82) is 0 Å². The predicted molar refractivity (Wildman–Crippen MR) is 88.7 cm³/mol. The van der Waals surface area contributed by atoms with Crippen molar-refractivity contribution in [1.82, 2.24) is 14.8 Å². The van der Waals surface area contributed by atoms with Crippen LogP contribution < -0.4 is 5.32 Å². The molecule has 3 rings (SSSR count). The van der Waals surface area contributed by atoms with Crippen LogP contribution in [0.2, 0.25) is 0 Å². The molecule has 0 spiro atoms. The Kier molecular flexibility index (Phi) is 3.51. The van der Waals surface area contributed by atoms with Gasteiger partial charge in [-0.05, 0) is 38.2 Å². The lowest BCUT2D eigenvalue weighted by Crippen LogP contribution is -2.30. The quantitative estimate of drug-likeness (QED) is 0.699. The molecule has 1 amide bonds. The number of nitrogens with zero attached hydrogens (tertiary/aromatic N) is 2. The Labute approximate surface area is 129 Å². The van der Waals surface area contributed by atoms with Gasteiger partial charge in [0.15, 0.2) is 5.11 Å². The summed E-state index contributed by atoms with van der Waals surface area (Å²) in [7, 11) is 0. The van der Waals surface area contributed by atoms with E-state index in [2.05, 4.69) is 35.1 Å². The zero-order chi connectivity index (χ0) is 15.0. The van der Waals surface area contributed by atoms with Gasteiger partial charge in [-0.1, -0.05) is 18.2 Å². The first-order valence-corrected chi connectivity index (χ1v) is 7.49. The lowest BCUT2D eigenvalue weighted by molar-refractivity contribution is -0.122. The van der Waals surface area contributed by atoms with Crippen molar-refractivity contribution in [2.45, 2.75) is 20.4 Å². The van der Waals surface area contributed by atoms with Gasteiger partial charge in [-0.25, -0.2) is 0 Å². The number of aryl methyl sites for hydroxylation is 1. The molecule has 1 aliphatic heterocycles. The number of hydrogen-bond donors (Lipinski definition) is 1. The van der Waals surface area contributed by atoms with E-state index in [1.54, 1.807) is 4.90 Å². The lowest BCUT2D eigenvalue weighted by atomic mass is 10.1. The highest BCUT2D eigenvalue weighted by Crippen LogP contribution is 2.24. The summed E-state index contributed by atoms with van der Waals surface area (Å²) in [6.45, 7) is 5.50. The van der Waals surface area contributed by atoms with Crippen LogP contribution in [-0.2, 0) is 11.3 Å². The SMILES string of the molecule is CCN1C(=O)/C(=C\c2cn(CC)c3ccccc23)NC1=S. The van der Waals surface area contributed by atoms with E-state index in [4.69, 9.17) is 12.2 Å². The van der Waals surface area contributed by atoms with Crippen LogP contribution in [0, 0.1) is 0 Å². The number of benzene rings is 1. The van der Waals surface area contributed by atoms with E-state index in [1.165, 1.54) is 5.52 Å². The maximum atomic E-state index is 12.3. The van der Waals surface area contributed by atoms with Crippen molar-refractivity contribution in [2.75, 3.05) is 6.54 Å². The molecule has 1 fully saturated rings. The topological polar surface area (TPSA) is 37.3 Å². The number of rotatable bonds is 3. The molecule has 2 aromatic rings. The second-order valence-electron chi connectivity index (χ2n) is 4.93. The molecule has 1 aromatic heterocycles. The van der Waals surface area contributed by atoms with Crippen LogP contribution in [0.3, 0.4) is 0 Å². The minimum Gasteiger partial charge on any atom is -0.347 e. The van der Waals surface area contributed by atoms with E-state index in [0.29, 0.717) is 17.4 Å². The van der Waals surface area contributed by atoms with Crippen LogP contribution >= 0.6 is 12.2 Å². The summed E-state index contributed by atoms with van der Waals surface area (Å²) in [5.41, 5.74) is 2.75. The molecule has 0 radical (unpaired) electrons. The van der Waals surface area contributed by atoms with Gasteiger partial charge in [-0.3, -0.25) is 9.69 Å². The van der Waals surface area contributed by atoms with E-state index in [-0.39, 0.29) is 5.91 Å². The van der Waals surface area contributed by atoms with Gasteiger partial charge in [0.1, 0.15) is 5.70 Å². The van der Waals surface area contributed by atoms with Gasteiger partial charge < -0.3 is 9.88 Å². The maximum absolute atomic E-state index is 12.3. The summed E-state index contributed by atoms with van der Waals surface area (Å²) in [6.07, 6.45) is 3.96. The van der Waals surface area contributed by atoms with Gasteiger partial charge in [0.05, 0.1) is 0 Å². The highest BCUT2D eigenvalue weighted by atomic mass is 32.1. The number of carbonyl (C=O) groups is 1. The third kappa shape index (κ3) is 2.23. The predicted octanol–water partition coefficient (Wildman–Crippen LogP) is 2.74. The highest BCUT2D eigenvalue weighted by molar-refractivity contribution is 7.80. The Morgan fingerprint density at radius 1 is 1.24 bits per heavy atom. The number of thiocarbonyl (C=S) groups is 1. The lowest BCUT2D eigenvalue weighted by Gasteiger charge is -2.08. The van der Waals surface area contributed by atoms with E-state index in [0.717, 1.165) is 17.5 Å². The number of hydrogen-bond acceptors (Lipinski definition) is 2. The van der Waals surface area contributed by atoms with Crippen LogP contribution in [0.5, 0.6) is 0 Å². The molecule has 0 bridgehead atoms. The molecule has 0 unspecified atom stereocenters. The largest absolute Gasteiger partial charge is 0.347 e. The van der Waals surface area contributed by atoms with Gasteiger partial charge in [-0.15, -0.1) is 0 Å². The van der Waals surface area contributed by atoms with E-state index < -0.39 is 0 Å². The molecular formula is C16H17N3OS. The molecule has 0 atom stereocenters. The van der Waals surface area contributed by atoms with Crippen molar-refractivity contribution in [3.8, 4) is 0 Å². The van der Waals surface area contributed by atoms with Crippen molar-refractivity contribution in [3.05, 3.63) is 41.7 Å². The summed E-state index contributed by atoms with van der Waals surface area (Å²) in [4.78, 5) is 13.8. The maximum Gasteiger partial charge on any atom is 0.276 e. The zero-order valence-electron chi connectivity index (χ0n) is 12.1. The van der Waals surface area contributed by atoms with Crippen molar-refractivity contribution < 1.29 is 4.79 Å². The monoisotopic (exact) mass is 299 g/mol. The molecule has 4 nitrogen and oxygen atoms in total. The van der Waals surface area contributed by atoms with E-state index >= 15 is 0 Å². The first kappa shape index (κ1) is 13.8. The van der Waals surface area contributed by atoms with Crippen LogP contribution in [0.1, 0.15) is 19.4 Å². The number of amides is 1. The molecule has 1 aromatic carbocycles.